The molecule has 11 aromatic rings. The summed E-state index contributed by atoms with van der Waals surface area (Å²) in [5.41, 5.74) is 12.8. The minimum Gasteiger partial charge on any atom is -0.310 e. The van der Waals surface area contributed by atoms with Crippen LogP contribution in [0.25, 0.3) is 60.2 Å². The maximum absolute atomic E-state index is 2.56. The van der Waals surface area contributed by atoms with Gasteiger partial charge >= 0.3 is 0 Å². The maximum atomic E-state index is 2.56. The largest absolute Gasteiger partial charge is 0.310 e. The zero-order valence-corrected chi connectivity index (χ0v) is 50.0. The van der Waals surface area contributed by atoms with Gasteiger partial charge in [0.2, 0.25) is 0 Å². The van der Waals surface area contributed by atoms with Crippen molar-refractivity contribution >= 4 is 131 Å². The molecule has 7 heteroatoms. The second-order valence-corrected chi connectivity index (χ2v) is 45.1. The number of nitrogens with zero attached hydrogens (tertiary/aromatic N) is 3. The van der Waals surface area contributed by atoms with Crippen molar-refractivity contribution in [3.05, 3.63) is 212 Å². The van der Waals surface area contributed by atoms with Crippen LogP contribution in [-0.4, -0.2) is 36.9 Å². The van der Waals surface area contributed by atoms with E-state index in [0.29, 0.717) is 0 Å². The van der Waals surface area contributed by atoms with Gasteiger partial charge in [0.1, 0.15) is 0 Å². The van der Waals surface area contributed by atoms with Crippen LogP contribution in [0, 0.1) is 0 Å². The number of fused-ring (bicyclic) bond motifs is 7. The van der Waals surface area contributed by atoms with Crippen LogP contribution in [0.15, 0.2) is 212 Å². The third-order valence-electron chi connectivity index (χ3n) is 15.4. The summed E-state index contributed by atoms with van der Waals surface area (Å²) in [6.45, 7) is 29.2. The fraction of sp³-hybridized carbons (Fsp3) is 0.176. The highest BCUT2D eigenvalue weighted by Crippen LogP contribution is 2.50. The van der Waals surface area contributed by atoms with Crippen LogP contribution in [0.3, 0.4) is 0 Å². The summed E-state index contributed by atoms with van der Waals surface area (Å²) in [5, 5.41) is 13.2. The number of hydrogen-bond acceptors (Lipinski definition) is 2. The molecule has 11 rings (SSSR count). The molecular weight excluding hydrogens is 971 g/mol. The van der Waals surface area contributed by atoms with Crippen molar-refractivity contribution in [3.63, 3.8) is 0 Å². The molecule has 0 radical (unpaired) electrons. The van der Waals surface area contributed by atoms with Gasteiger partial charge in [-0.2, -0.15) is 0 Å². The van der Waals surface area contributed by atoms with Crippen LogP contribution in [0.5, 0.6) is 0 Å². The van der Waals surface area contributed by atoms with Crippen molar-refractivity contribution in [1.29, 1.82) is 0 Å². The molecule has 75 heavy (non-hydrogen) atoms. The summed E-state index contributed by atoms with van der Waals surface area (Å²) in [7, 11) is -6.26. The minimum atomic E-state index is -1.57. The highest BCUT2D eigenvalue weighted by molar-refractivity contribution is 6.90. The Labute approximate surface area is 449 Å². The standard InChI is InChI=1S/C68H71N3Si4/c1-72(2,3)55-38-30-50(31-39-55)69(51-32-40-56(41-33-51)73(4,5)6)63-46-65-67(61-24-18-16-22-59(61)63)68-62-25-19-17-23-60(62)64(47-66(68)71(65)54-28-26-49(27-29-54)48-20-14-13-15-21-48)70(52-34-42-57(43-35-52)74(7,8)9)53-36-44-58(45-37-53)75(10,11)12/h13-47H,1-12H3. The van der Waals surface area contributed by atoms with Gasteiger partial charge in [-0.3, -0.25) is 0 Å². The molecule has 0 aliphatic carbocycles. The van der Waals surface area contributed by atoms with Crippen LogP contribution in [-0.2, 0) is 0 Å². The van der Waals surface area contributed by atoms with Gasteiger partial charge in [-0.05, 0) is 94.7 Å². The predicted octanol–water partition coefficient (Wildman–Crippen LogP) is 17.9. The lowest BCUT2D eigenvalue weighted by Gasteiger charge is -2.29. The molecule has 374 valence electrons. The second-order valence-electron chi connectivity index (χ2n) is 24.8. The lowest BCUT2D eigenvalue weighted by molar-refractivity contribution is 1.18. The van der Waals surface area contributed by atoms with Crippen LogP contribution >= 0.6 is 0 Å². The molecule has 0 atom stereocenters. The molecule has 0 N–H and O–H groups in total. The van der Waals surface area contributed by atoms with Crippen molar-refractivity contribution in [3.8, 4) is 16.8 Å². The van der Waals surface area contributed by atoms with Gasteiger partial charge in [0.25, 0.3) is 0 Å². The molecule has 0 saturated heterocycles. The fourth-order valence-electron chi connectivity index (χ4n) is 11.1. The fourth-order valence-corrected chi connectivity index (χ4v) is 15.7. The monoisotopic (exact) mass is 1040 g/mol. The van der Waals surface area contributed by atoms with Gasteiger partial charge in [-0.1, -0.05) is 239 Å². The topological polar surface area (TPSA) is 11.4 Å². The minimum absolute atomic E-state index is 1.12. The number of rotatable bonds is 12. The van der Waals surface area contributed by atoms with Crippen LogP contribution in [0.4, 0.5) is 34.1 Å². The van der Waals surface area contributed by atoms with Crippen molar-refractivity contribution in [2.45, 2.75) is 78.6 Å². The Bertz CT molecular complexity index is 3540. The van der Waals surface area contributed by atoms with Crippen molar-refractivity contribution < 1.29 is 0 Å². The summed E-state index contributed by atoms with van der Waals surface area (Å²) >= 11 is 0. The Morgan fingerprint density at radius 1 is 0.280 bits per heavy atom. The molecule has 1 heterocycles. The van der Waals surface area contributed by atoms with E-state index >= 15 is 0 Å². The van der Waals surface area contributed by atoms with E-state index in [9.17, 15) is 0 Å². The molecule has 3 nitrogen and oxygen atoms in total. The average molecular weight is 1040 g/mol. The van der Waals surface area contributed by atoms with Gasteiger partial charge in [0, 0.05) is 50.0 Å². The Hall–Kier alpha value is -7.01. The first-order valence-electron chi connectivity index (χ1n) is 26.8. The van der Waals surface area contributed by atoms with Crippen LogP contribution in [0.1, 0.15) is 0 Å². The van der Waals surface area contributed by atoms with Crippen LogP contribution < -0.4 is 30.5 Å². The van der Waals surface area contributed by atoms with E-state index in [1.54, 1.807) is 0 Å². The summed E-state index contributed by atoms with van der Waals surface area (Å²) in [5.74, 6) is 0. The van der Waals surface area contributed by atoms with Gasteiger partial charge in [0.05, 0.1) is 54.7 Å². The highest BCUT2D eigenvalue weighted by atomic mass is 28.3. The highest BCUT2D eigenvalue weighted by Gasteiger charge is 2.28. The lowest BCUT2D eigenvalue weighted by Crippen LogP contribution is -2.37. The normalized spacial score (nSPS) is 12.5. The molecule has 0 amide bonds. The quantitative estimate of drug-likeness (QED) is 0.113. The smallest absolute Gasteiger partial charge is 0.0775 e. The Balaban J connectivity index is 1.26. The first kappa shape index (κ1) is 50.2. The van der Waals surface area contributed by atoms with Crippen molar-refractivity contribution in [1.82, 2.24) is 4.57 Å². The molecule has 0 spiro atoms. The van der Waals surface area contributed by atoms with E-state index in [1.807, 2.05) is 0 Å². The number of anilines is 6. The first-order valence-corrected chi connectivity index (χ1v) is 40.8. The zero-order chi connectivity index (χ0) is 52.6. The molecule has 0 fully saturated rings. The summed E-state index contributed by atoms with van der Waals surface area (Å²) < 4.78 is 2.56. The molecule has 0 aliphatic heterocycles. The Kier molecular flexibility index (Phi) is 12.7. The molecule has 0 aliphatic rings. The van der Waals surface area contributed by atoms with Gasteiger partial charge in [-0.15, -0.1) is 0 Å². The molecule has 0 saturated carbocycles. The lowest BCUT2D eigenvalue weighted by atomic mass is 9.96. The van der Waals surface area contributed by atoms with E-state index in [2.05, 4.69) is 305 Å². The molecular formula is C68H71N3Si4. The second kappa shape index (κ2) is 19.0. The van der Waals surface area contributed by atoms with Gasteiger partial charge < -0.3 is 14.4 Å². The van der Waals surface area contributed by atoms with Crippen molar-refractivity contribution in [2.75, 3.05) is 9.80 Å². The van der Waals surface area contributed by atoms with Gasteiger partial charge in [-0.25, -0.2) is 0 Å². The average Bonchev–Trinajstić information content (AvgIpc) is 3.73. The SMILES string of the molecule is C[Si](C)(C)c1ccc(N(c2ccc([Si](C)(C)C)cc2)c2cc3c(c4ccccc24)c2c4ccccc4c(N(c4ccc([Si](C)(C)C)cc4)c4ccc([Si](C)(C)C)cc4)cc2n3-c2ccc(-c3ccccc3)cc2)cc1. The summed E-state index contributed by atoms with van der Waals surface area (Å²) in [6.07, 6.45) is 0. The number of benzene rings is 10. The summed E-state index contributed by atoms with van der Waals surface area (Å²) in [4.78, 5) is 5.04. The van der Waals surface area contributed by atoms with Crippen LogP contribution in [0.2, 0.25) is 78.6 Å². The third kappa shape index (κ3) is 9.45. The van der Waals surface area contributed by atoms with E-state index in [1.165, 1.54) is 75.2 Å². The molecule has 1 aromatic heterocycles. The summed E-state index contributed by atoms with van der Waals surface area (Å²) in [6, 6.07) is 81.2. The Morgan fingerprint density at radius 3 is 0.867 bits per heavy atom. The maximum Gasteiger partial charge on any atom is 0.0775 e. The first-order chi connectivity index (χ1) is 35.7. The number of hydrogen-bond donors (Lipinski definition) is 0. The van der Waals surface area contributed by atoms with E-state index in [-0.39, 0.29) is 0 Å². The third-order valence-corrected chi connectivity index (χ3v) is 23.7. The predicted molar refractivity (Wildman–Crippen MR) is 343 cm³/mol. The van der Waals surface area contributed by atoms with Gasteiger partial charge in [0.15, 0.2) is 0 Å². The number of aromatic nitrogens is 1. The zero-order valence-electron chi connectivity index (χ0n) is 46.0. The van der Waals surface area contributed by atoms with E-state index < -0.39 is 32.3 Å². The molecule has 0 bridgehead atoms. The molecule has 0 unspecified atom stereocenters. The van der Waals surface area contributed by atoms with E-state index in [4.69, 9.17) is 0 Å². The van der Waals surface area contributed by atoms with Crippen molar-refractivity contribution in [2.24, 2.45) is 0 Å². The van der Waals surface area contributed by atoms with E-state index in [0.717, 1.165) is 39.8 Å². The molecule has 10 aromatic carbocycles. The Morgan fingerprint density at radius 2 is 0.560 bits per heavy atom.